The molecule has 2 aromatic carbocycles. The lowest BCUT2D eigenvalue weighted by molar-refractivity contribution is -0.110. The summed E-state index contributed by atoms with van der Waals surface area (Å²) in [6.07, 6.45) is 0. The van der Waals surface area contributed by atoms with Gasteiger partial charge in [-0.05, 0) is 30.3 Å². The number of carboxylic acid groups (broad SMARTS) is 1. The Bertz CT molecular complexity index is 799. The number of carboxylic acids is 1. The number of benzene rings is 2. The zero-order valence-corrected chi connectivity index (χ0v) is 12.2. The van der Waals surface area contributed by atoms with Gasteiger partial charge in [0, 0.05) is 10.0 Å². The quantitative estimate of drug-likeness (QED) is 0.877. The number of nitrogens with one attached hydrogen (secondary N) is 1. The number of aliphatic imine (C=N–C) groups is 1. The van der Waals surface area contributed by atoms with Gasteiger partial charge in [-0.3, -0.25) is 4.79 Å². The molecule has 5 nitrogen and oxygen atoms in total. The van der Waals surface area contributed by atoms with Gasteiger partial charge in [-0.25, -0.2) is 9.79 Å². The van der Waals surface area contributed by atoms with Gasteiger partial charge < -0.3 is 10.4 Å². The fraction of sp³-hybridized carbons (Fsp3) is 0. The number of para-hydroxylation sites is 1. The van der Waals surface area contributed by atoms with Crippen molar-refractivity contribution >= 4 is 44.9 Å². The Hall–Kier alpha value is -2.47. The number of halogens is 1. The van der Waals surface area contributed by atoms with Gasteiger partial charge in [0.05, 0.1) is 16.9 Å². The molecule has 0 spiro atoms. The fourth-order valence-corrected chi connectivity index (χ4v) is 2.47. The van der Waals surface area contributed by atoms with Crippen LogP contribution >= 0.6 is 15.9 Å². The molecule has 2 N–H and O–H groups in total. The minimum atomic E-state index is -1.08. The van der Waals surface area contributed by atoms with Crippen molar-refractivity contribution in [3.05, 3.63) is 58.1 Å². The van der Waals surface area contributed by atoms with Crippen molar-refractivity contribution in [1.29, 1.82) is 0 Å². The molecule has 0 unspecified atom stereocenters. The molecule has 21 heavy (non-hydrogen) atoms. The van der Waals surface area contributed by atoms with E-state index in [-0.39, 0.29) is 22.9 Å². The summed E-state index contributed by atoms with van der Waals surface area (Å²) in [5.74, 6) is -1.42. The van der Waals surface area contributed by atoms with Crippen LogP contribution in [0.3, 0.4) is 0 Å². The van der Waals surface area contributed by atoms with Crippen molar-refractivity contribution in [2.24, 2.45) is 4.99 Å². The molecule has 6 heteroatoms. The van der Waals surface area contributed by atoms with Gasteiger partial charge in [-0.15, -0.1) is 0 Å². The Kier molecular flexibility index (Phi) is 3.31. The summed E-state index contributed by atoms with van der Waals surface area (Å²) in [6.45, 7) is 0. The van der Waals surface area contributed by atoms with Crippen molar-refractivity contribution < 1.29 is 14.7 Å². The summed E-state index contributed by atoms with van der Waals surface area (Å²) in [5.41, 5.74) is 1.83. The second kappa shape index (κ2) is 5.14. The molecular formula is C15H9BrN2O3. The van der Waals surface area contributed by atoms with Crippen molar-refractivity contribution in [3.63, 3.8) is 0 Å². The SMILES string of the molecule is O=C1Nc2ccc(Br)cc2C1=Nc1ccccc1C(=O)O. The van der Waals surface area contributed by atoms with Crippen molar-refractivity contribution in [2.75, 3.05) is 5.32 Å². The van der Waals surface area contributed by atoms with Gasteiger partial charge in [0.25, 0.3) is 5.91 Å². The van der Waals surface area contributed by atoms with Crippen molar-refractivity contribution in [3.8, 4) is 0 Å². The minimum Gasteiger partial charge on any atom is -0.478 e. The van der Waals surface area contributed by atoms with Crippen LogP contribution in [0.15, 0.2) is 51.9 Å². The molecule has 1 aliphatic heterocycles. The molecule has 0 fully saturated rings. The average molecular weight is 345 g/mol. The van der Waals surface area contributed by atoms with E-state index in [1.54, 1.807) is 30.3 Å². The number of nitrogens with zero attached hydrogens (tertiary/aromatic N) is 1. The average Bonchev–Trinajstić information content (AvgIpc) is 2.75. The predicted octanol–water partition coefficient (Wildman–Crippen LogP) is 3.22. The first-order valence-corrected chi connectivity index (χ1v) is 6.88. The molecule has 1 amide bonds. The molecule has 1 heterocycles. The van der Waals surface area contributed by atoms with E-state index < -0.39 is 5.97 Å². The van der Waals surface area contributed by atoms with Gasteiger partial charge >= 0.3 is 5.97 Å². The highest BCUT2D eigenvalue weighted by Gasteiger charge is 2.26. The summed E-state index contributed by atoms with van der Waals surface area (Å²) >= 11 is 3.35. The largest absolute Gasteiger partial charge is 0.478 e. The fourth-order valence-electron chi connectivity index (χ4n) is 2.11. The van der Waals surface area contributed by atoms with Crippen LogP contribution in [0.5, 0.6) is 0 Å². The first-order valence-electron chi connectivity index (χ1n) is 6.08. The zero-order chi connectivity index (χ0) is 15.0. The molecule has 2 aromatic rings. The highest BCUT2D eigenvalue weighted by molar-refractivity contribution is 9.10. The molecule has 0 saturated carbocycles. The predicted molar refractivity (Wildman–Crippen MR) is 82.4 cm³/mol. The van der Waals surface area contributed by atoms with Crippen molar-refractivity contribution in [1.82, 2.24) is 0 Å². The molecule has 0 radical (unpaired) electrons. The normalized spacial score (nSPS) is 14.9. The summed E-state index contributed by atoms with van der Waals surface area (Å²) in [7, 11) is 0. The van der Waals surface area contributed by atoms with Gasteiger partial charge in [-0.1, -0.05) is 28.1 Å². The summed E-state index contributed by atoms with van der Waals surface area (Å²) < 4.78 is 0.817. The van der Waals surface area contributed by atoms with E-state index in [2.05, 4.69) is 26.2 Å². The molecule has 1 aliphatic rings. The molecule has 0 bridgehead atoms. The number of amides is 1. The van der Waals surface area contributed by atoms with Gasteiger partial charge in [0.15, 0.2) is 0 Å². The molecule has 0 saturated heterocycles. The maximum atomic E-state index is 12.0. The van der Waals surface area contributed by atoms with E-state index in [0.717, 1.165) is 4.47 Å². The molecular weight excluding hydrogens is 336 g/mol. The monoisotopic (exact) mass is 344 g/mol. The van der Waals surface area contributed by atoms with Gasteiger partial charge in [-0.2, -0.15) is 0 Å². The smallest absolute Gasteiger partial charge is 0.337 e. The topological polar surface area (TPSA) is 78.8 Å². The molecule has 0 atom stereocenters. The summed E-state index contributed by atoms with van der Waals surface area (Å²) in [4.78, 5) is 27.5. The Morgan fingerprint density at radius 3 is 2.71 bits per heavy atom. The number of anilines is 1. The van der Waals surface area contributed by atoms with Crippen LogP contribution in [0, 0.1) is 0 Å². The Morgan fingerprint density at radius 1 is 1.19 bits per heavy atom. The van der Waals surface area contributed by atoms with Gasteiger partial charge in [0.2, 0.25) is 0 Å². The standard InChI is InChI=1S/C15H9BrN2O3/c16-8-5-6-12-10(7-8)13(14(19)18-12)17-11-4-2-1-3-9(11)15(20)21/h1-7H,(H,20,21)(H,17,18,19). The lowest BCUT2D eigenvalue weighted by Crippen LogP contribution is -2.14. The highest BCUT2D eigenvalue weighted by Crippen LogP contribution is 2.29. The van der Waals surface area contributed by atoms with E-state index >= 15 is 0 Å². The first-order chi connectivity index (χ1) is 10.1. The Balaban J connectivity index is 2.16. The van der Waals surface area contributed by atoms with E-state index in [1.165, 1.54) is 6.07 Å². The molecule has 104 valence electrons. The first kappa shape index (κ1) is 13.5. The maximum Gasteiger partial charge on any atom is 0.337 e. The van der Waals surface area contributed by atoms with Crippen LogP contribution in [0.2, 0.25) is 0 Å². The van der Waals surface area contributed by atoms with Gasteiger partial charge in [0.1, 0.15) is 5.71 Å². The van der Waals surface area contributed by atoms with E-state index in [9.17, 15) is 9.59 Å². The highest BCUT2D eigenvalue weighted by atomic mass is 79.9. The Morgan fingerprint density at radius 2 is 1.95 bits per heavy atom. The summed E-state index contributed by atoms with van der Waals surface area (Å²) in [5, 5.41) is 11.9. The number of aromatic carboxylic acids is 1. The van der Waals surface area contributed by atoms with Crippen LogP contribution in [0.1, 0.15) is 15.9 Å². The third-order valence-electron chi connectivity index (χ3n) is 3.07. The Labute approximate surface area is 128 Å². The van der Waals surface area contributed by atoms with E-state index in [0.29, 0.717) is 11.3 Å². The lowest BCUT2D eigenvalue weighted by atomic mass is 10.1. The van der Waals surface area contributed by atoms with Crippen molar-refractivity contribution in [2.45, 2.75) is 0 Å². The number of carbonyl (C=O) groups excluding carboxylic acids is 1. The van der Waals surface area contributed by atoms with Crippen LogP contribution in [-0.4, -0.2) is 22.7 Å². The second-order valence-electron chi connectivity index (χ2n) is 4.43. The number of rotatable bonds is 2. The number of hydrogen-bond acceptors (Lipinski definition) is 3. The second-order valence-corrected chi connectivity index (χ2v) is 5.34. The third-order valence-corrected chi connectivity index (χ3v) is 3.56. The maximum absolute atomic E-state index is 12.0. The van der Waals surface area contributed by atoms with Crippen LogP contribution < -0.4 is 5.32 Å². The number of fused-ring (bicyclic) bond motifs is 1. The van der Waals surface area contributed by atoms with Crippen LogP contribution in [0.25, 0.3) is 0 Å². The minimum absolute atomic E-state index is 0.0567. The van der Waals surface area contributed by atoms with Crippen LogP contribution in [-0.2, 0) is 4.79 Å². The van der Waals surface area contributed by atoms with E-state index in [4.69, 9.17) is 5.11 Å². The summed E-state index contributed by atoms with van der Waals surface area (Å²) in [6, 6.07) is 11.7. The molecule has 0 aliphatic carbocycles. The molecule has 3 rings (SSSR count). The third kappa shape index (κ3) is 2.45. The van der Waals surface area contributed by atoms with E-state index in [1.807, 2.05) is 6.07 Å². The number of hydrogen-bond donors (Lipinski definition) is 2. The zero-order valence-electron chi connectivity index (χ0n) is 10.6. The molecule has 0 aromatic heterocycles. The van der Waals surface area contributed by atoms with Crippen LogP contribution in [0.4, 0.5) is 11.4 Å². The lowest BCUT2D eigenvalue weighted by Gasteiger charge is -2.02. The number of carbonyl (C=O) groups is 2.